The summed E-state index contributed by atoms with van der Waals surface area (Å²) in [4.78, 5) is 7.02. The second kappa shape index (κ2) is 4.71. The first-order valence-corrected chi connectivity index (χ1v) is 7.91. The standard InChI is InChI=1S/C12H13Br2ClN2/c13-7-3-11(14)12(16-6-7)17-9-1-2-10(17)5-8(15)4-9/h3,6,8-10H,1-2,4-5H2. The zero-order valence-electron chi connectivity index (χ0n) is 9.24. The number of hydrogen-bond donors (Lipinski definition) is 0. The van der Waals surface area contributed by atoms with Crippen LogP contribution in [0.3, 0.4) is 0 Å². The maximum absolute atomic E-state index is 6.30. The molecular weight excluding hydrogens is 367 g/mol. The highest BCUT2D eigenvalue weighted by Gasteiger charge is 2.41. The van der Waals surface area contributed by atoms with E-state index in [1.165, 1.54) is 12.8 Å². The third kappa shape index (κ3) is 2.24. The minimum atomic E-state index is 0.345. The van der Waals surface area contributed by atoms with E-state index in [1.54, 1.807) is 0 Å². The van der Waals surface area contributed by atoms with Crippen LogP contribution in [0.1, 0.15) is 25.7 Å². The molecule has 0 N–H and O–H groups in total. The Hall–Kier alpha value is 0.200. The highest BCUT2D eigenvalue weighted by Crippen LogP contribution is 2.42. The zero-order chi connectivity index (χ0) is 12.0. The van der Waals surface area contributed by atoms with E-state index in [9.17, 15) is 0 Å². The van der Waals surface area contributed by atoms with Gasteiger partial charge in [-0.05, 0) is 63.6 Å². The average Bonchev–Trinajstić information content (AvgIpc) is 2.53. The molecule has 2 unspecified atom stereocenters. The van der Waals surface area contributed by atoms with Crippen molar-refractivity contribution < 1.29 is 0 Å². The molecule has 0 aromatic carbocycles. The van der Waals surface area contributed by atoms with E-state index < -0.39 is 0 Å². The van der Waals surface area contributed by atoms with Crippen LogP contribution in [-0.4, -0.2) is 22.4 Å². The van der Waals surface area contributed by atoms with Crippen LogP contribution >= 0.6 is 43.5 Å². The molecule has 2 aliphatic heterocycles. The monoisotopic (exact) mass is 378 g/mol. The summed E-state index contributed by atoms with van der Waals surface area (Å²) >= 11 is 13.4. The predicted molar refractivity (Wildman–Crippen MR) is 77.8 cm³/mol. The van der Waals surface area contributed by atoms with Gasteiger partial charge in [-0.1, -0.05) is 0 Å². The molecule has 1 aromatic heterocycles. The van der Waals surface area contributed by atoms with Crippen LogP contribution in [0, 0.1) is 0 Å². The molecule has 17 heavy (non-hydrogen) atoms. The summed E-state index contributed by atoms with van der Waals surface area (Å²) in [5, 5.41) is 0.345. The maximum Gasteiger partial charge on any atom is 0.143 e. The molecule has 2 nitrogen and oxygen atoms in total. The summed E-state index contributed by atoms with van der Waals surface area (Å²) < 4.78 is 2.07. The van der Waals surface area contributed by atoms with Crippen molar-refractivity contribution in [3.63, 3.8) is 0 Å². The molecule has 0 spiro atoms. The van der Waals surface area contributed by atoms with Gasteiger partial charge >= 0.3 is 0 Å². The van der Waals surface area contributed by atoms with E-state index in [4.69, 9.17) is 11.6 Å². The van der Waals surface area contributed by atoms with Crippen molar-refractivity contribution in [2.45, 2.75) is 43.1 Å². The number of fused-ring (bicyclic) bond motifs is 2. The fourth-order valence-corrected chi connectivity index (χ4v) is 4.66. The summed E-state index contributed by atoms with van der Waals surface area (Å²) in [6, 6.07) is 3.21. The molecule has 1 aromatic rings. The van der Waals surface area contributed by atoms with Crippen LogP contribution in [0.2, 0.25) is 0 Å². The molecule has 92 valence electrons. The number of aromatic nitrogens is 1. The normalized spacial score (nSPS) is 31.9. The van der Waals surface area contributed by atoms with Gasteiger partial charge < -0.3 is 4.90 Å². The Kier molecular flexibility index (Phi) is 3.39. The lowest BCUT2D eigenvalue weighted by Crippen LogP contribution is -2.44. The molecule has 2 fully saturated rings. The van der Waals surface area contributed by atoms with E-state index in [0.29, 0.717) is 17.5 Å². The highest BCUT2D eigenvalue weighted by atomic mass is 79.9. The van der Waals surface area contributed by atoms with Gasteiger partial charge in [0, 0.05) is 28.1 Å². The van der Waals surface area contributed by atoms with E-state index in [-0.39, 0.29) is 0 Å². The van der Waals surface area contributed by atoms with Gasteiger partial charge in [0.15, 0.2) is 0 Å². The van der Waals surface area contributed by atoms with Crippen LogP contribution in [-0.2, 0) is 0 Å². The fraction of sp³-hybridized carbons (Fsp3) is 0.583. The van der Waals surface area contributed by atoms with Crippen LogP contribution in [0.5, 0.6) is 0 Å². The van der Waals surface area contributed by atoms with Crippen molar-refractivity contribution in [3.05, 3.63) is 21.2 Å². The molecule has 0 radical (unpaired) electrons. The van der Waals surface area contributed by atoms with Crippen molar-refractivity contribution in [2.75, 3.05) is 4.90 Å². The van der Waals surface area contributed by atoms with Crippen LogP contribution in [0.15, 0.2) is 21.2 Å². The Morgan fingerprint density at radius 3 is 2.47 bits per heavy atom. The first-order valence-electron chi connectivity index (χ1n) is 5.88. The van der Waals surface area contributed by atoms with Gasteiger partial charge in [-0.25, -0.2) is 4.98 Å². The van der Waals surface area contributed by atoms with Crippen LogP contribution in [0.4, 0.5) is 5.82 Å². The lowest BCUT2D eigenvalue weighted by Gasteiger charge is -2.38. The summed E-state index contributed by atoms with van der Waals surface area (Å²) in [7, 11) is 0. The molecule has 2 bridgehead atoms. The van der Waals surface area contributed by atoms with Crippen molar-refractivity contribution in [1.82, 2.24) is 4.98 Å². The number of pyridine rings is 1. The first kappa shape index (κ1) is 12.2. The summed E-state index contributed by atoms with van der Waals surface area (Å²) in [6.07, 6.45) is 6.53. The van der Waals surface area contributed by atoms with Crippen molar-refractivity contribution in [1.29, 1.82) is 0 Å². The van der Waals surface area contributed by atoms with Gasteiger partial charge in [0.1, 0.15) is 5.82 Å². The molecule has 2 saturated heterocycles. The second-order valence-electron chi connectivity index (χ2n) is 4.82. The number of rotatable bonds is 1. The smallest absolute Gasteiger partial charge is 0.143 e. The van der Waals surface area contributed by atoms with Crippen LogP contribution < -0.4 is 4.90 Å². The van der Waals surface area contributed by atoms with Gasteiger partial charge in [0.2, 0.25) is 0 Å². The molecule has 5 heteroatoms. The maximum atomic E-state index is 6.30. The van der Waals surface area contributed by atoms with E-state index >= 15 is 0 Å². The molecule has 3 heterocycles. The number of piperidine rings is 1. The molecule has 2 atom stereocenters. The number of nitrogens with zero attached hydrogens (tertiary/aromatic N) is 2. The molecule has 0 amide bonds. The Morgan fingerprint density at radius 2 is 1.88 bits per heavy atom. The van der Waals surface area contributed by atoms with Gasteiger partial charge in [0.25, 0.3) is 0 Å². The third-order valence-electron chi connectivity index (χ3n) is 3.71. The first-order chi connectivity index (χ1) is 8.15. The summed E-state index contributed by atoms with van der Waals surface area (Å²) in [5.74, 6) is 1.07. The minimum absolute atomic E-state index is 0.345. The number of anilines is 1. The van der Waals surface area contributed by atoms with Crippen molar-refractivity contribution in [2.24, 2.45) is 0 Å². The number of alkyl halides is 1. The van der Waals surface area contributed by atoms with E-state index in [2.05, 4.69) is 47.8 Å². The Balaban J connectivity index is 1.94. The van der Waals surface area contributed by atoms with Crippen LogP contribution in [0.25, 0.3) is 0 Å². The lowest BCUT2D eigenvalue weighted by atomic mass is 10.0. The lowest BCUT2D eigenvalue weighted by molar-refractivity contribution is 0.470. The molecule has 2 aliphatic rings. The Morgan fingerprint density at radius 1 is 1.24 bits per heavy atom. The van der Waals surface area contributed by atoms with Gasteiger partial charge in [-0.15, -0.1) is 11.6 Å². The topological polar surface area (TPSA) is 16.1 Å². The molecular formula is C12H13Br2ClN2. The third-order valence-corrected chi connectivity index (χ3v) is 5.08. The Bertz CT molecular complexity index is 427. The van der Waals surface area contributed by atoms with Crippen molar-refractivity contribution >= 4 is 49.3 Å². The quantitative estimate of drug-likeness (QED) is 0.674. The largest absolute Gasteiger partial charge is 0.350 e. The minimum Gasteiger partial charge on any atom is -0.350 e. The second-order valence-corrected chi connectivity index (χ2v) is 7.21. The van der Waals surface area contributed by atoms with Gasteiger partial charge in [-0.2, -0.15) is 0 Å². The van der Waals surface area contributed by atoms with Gasteiger partial charge in [-0.3, -0.25) is 0 Å². The summed E-state index contributed by atoms with van der Waals surface area (Å²) in [6.45, 7) is 0. The van der Waals surface area contributed by atoms with Gasteiger partial charge in [0.05, 0.1) is 4.47 Å². The highest BCUT2D eigenvalue weighted by molar-refractivity contribution is 9.11. The zero-order valence-corrected chi connectivity index (χ0v) is 13.2. The van der Waals surface area contributed by atoms with E-state index in [0.717, 1.165) is 27.6 Å². The Labute approximate surface area is 123 Å². The predicted octanol–water partition coefficient (Wildman–Crippen LogP) is 4.35. The summed E-state index contributed by atoms with van der Waals surface area (Å²) in [5.41, 5.74) is 0. The number of halogens is 3. The molecule has 3 rings (SSSR count). The average molecular weight is 381 g/mol. The SMILES string of the molecule is ClC1CC2CCC(C1)N2c1ncc(Br)cc1Br. The molecule has 0 saturated carbocycles. The van der Waals surface area contributed by atoms with E-state index in [1.807, 2.05) is 6.20 Å². The number of hydrogen-bond acceptors (Lipinski definition) is 2. The fourth-order valence-electron chi connectivity index (χ4n) is 3.05. The molecule has 0 aliphatic carbocycles. The van der Waals surface area contributed by atoms with Crippen molar-refractivity contribution in [3.8, 4) is 0 Å².